The Morgan fingerprint density at radius 2 is 1.47 bits per heavy atom. The molecule has 1 heterocycles. The van der Waals surface area contributed by atoms with Crippen LogP contribution in [0.3, 0.4) is 0 Å². The van der Waals surface area contributed by atoms with Crippen molar-refractivity contribution in [3.05, 3.63) is 0 Å². The Kier molecular flexibility index (Phi) is 2.85. The van der Waals surface area contributed by atoms with E-state index in [9.17, 15) is 0 Å². The van der Waals surface area contributed by atoms with Gasteiger partial charge in [0.25, 0.3) is 0 Å². The monoisotopic (exact) mass is 211 g/mol. The molecule has 0 aromatic carbocycles. The van der Waals surface area contributed by atoms with E-state index in [1.54, 1.807) is 0 Å². The number of hydrogen-bond donors (Lipinski definition) is 0. The highest BCUT2D eigenvalue weighted by Gasteiger charge is 2.44. The Balaban J connectivity index is 2.06. The fourth-order valence-corrected chi connectivity index (χ4v) is 2.89. The molecule has 15 heavy (non-hydrogen) atoms. The van der Waals surface area contributed by atoms with Crippen molar-refractivity contribution < 1.29 is 4.84 Å². The van der Waals surface area contributed by atoms with Gasteiger partial charge in [-0.25, -0.2) is 0 Å². The van der Waals surface area contributed by atoms with Crippen molar-refractivity contribution in [1.82, 2.24) is 5.06 Å². The van der Waals surface area contributed by atoms with Crippen molar-refractivity contribution in [2.24, 2.45) is 0 Å². The van der Waals surface area contributed by atoms with Crippen molar-refractivity contribution in [2.75, 3.05) is 0 Å². The van der Waals surface area contributed by atoms with Gasteiger partial charge >= 0.3 is 0 Å². The highest BCUT2D eigenvalue weighted by molar-refractivity contribution is 4.93. The molecule has 2 nitrogen and oxygen atoms in total. The molecular weight excluding hydrogens is 186 g/mol. The third-order valence-electron chi connectivity index (χ3n) is 3.98. The Hall–Kier alpha value is -0.0800. The normalized spacial score (nSPS) is 31.2. The summed E-state index contributed by atoms with van der Waals surface area (Å²) in [5.41, 5.74) is 0.411. The predicted octanol–water partition coefficient (Wildman–Crippen LogP) is 3.51. The smallest absolute Gasteiger partial charge is 0.0793 e. The molecule has 0 bridgehead atoms. The van der Waals surface area contributed by atoms with E-state index < -0.39 is 0 Å². The molecule has 0 aromatic heterocycles. The van der Waals surface area contributed by atoms with Crippen LogP contribution in [0.1, 0.15) is 66.2 Å². The summed E-state index contributed by atoms with van der Waals surface area (Å²) in [5.74, 6) is 0. The molecule has 1 aliphatic carbocycles. The Bertz CT molecular complexity index is 215. The van der Waals surface area contributed by atoms with Crippen LogP contribution in [0, 0.1) is 0 Å². The fraction of sp³-hybridized carbons (Fsp3) is 1.00. The largest absolute Gasteiger partial charge is 0.295 e. The summed E-state index contributed by atoms with van der Waals surface area (Å²) in [6.07, 6.45) is 8.18. The summed E-state index contributed by atoms with van der Waals surface area (Å²) in [5, 5.41) is 2.30. The van der Waals surface area contributed by atoms with Gasteiger partial charge in [-0.1, -0.05) is 0 Å². The van der Waals surface area contributed by atoms with Crippen molar-refractivity contribution >= 4 is 0 Å². The number of hydroxylamine groups is 2. The highest BCUT2D eigenvalue weighted by atomic mass is 16.7. The van der Waals surface area contributed by atoms with Crippen molar-refractivity contribution in [3.63, 3.8) is 0 Å². The third kappa shape index (κ3) is 2.21. The topological polar surface area (TPSA) is 12.5 Å². The molecule has 1 saturated heterocycles. The van der Waals surface area contributed by atoms with Crippen LogP contribution in [-0.4, -0.2) is 22.2 Å². The van der Waals surface area contributed by atoms with E-state index in [1.807, 2.05) is 0 Å². The maximum absolute atomic E-state index is 6.19. The summed E-state index contributed by atoms with van der Waals surface area (Å²) in [6, 6.07) is 0. The summed E-state index contributed by atoms with van der Waals surface area (Å²) < 4.78 is 0. The first-order valence-electron chi connectivity index (χ1n) is 6.39. The van der Waals surface area contributed by atoms with E-state index in [0.29, 0.717) is 6.10 Å². The molecule has 0 aromatic rings. The Labute approximate surface area is 93.9 Å². The van der Waals surface area contributed by atoms with Gasteiger partial charge in [0.2, 0.25) is 0 Å². The first-order chi connectivity index (χ1) is 6.92. The van der Waals surface area contributed by atoms with Gasteiger partial charge in [0, 0.05) is 11.1 Å². The van der Waals surface area contributed by atoms with Crippen molar-refractivity contribution in [2.45, 2.75) is 83.4 Å². The molecule has 0 radical (unpaired) electrons. The molecule has 2 aliphatic rings. The van der Waals surface area contributed by atoms with Gasteiger partial charge < -0.3 is 0 Å². The van der Waals surface area contributed by atoms with Crippen LogP contribution in [0.25, 0.3) is 0 Å². The lowest BCUT2D eigenvalue weighted by molar-refractivity contribution is -0.315. The molecule has 2 heteroatoms. The summed E-state index contributed by atoms with van der Waals surface area (Å²) in [7, 11) is 0. The average molecular weight is 211 g/mol. The molecule has 0 unspecified atom stereocenters. The lowest BCUT2D eigenvalue weighted by atomic mass is 9.82. The molecule has 0 spiro atoms. The minimum atomic E-state index is 0.206. The second-order valence-corrected chi connectivity index (χ2v) is 6.43. The van der Waals surface area contributed by atoms with E-state index in [4.69, 9.17) is 4.84 Å². The fourth-order valence-electron chi connectivity index (χ4n) is 2.89. The Morgan fingerprint density at radius 1 is 0.933 bits per heavy atom. The molecule has 0 amide bonds. The molecule has 2 rings (SSSR count). The number of piperidine rings is 1. The zero-order chi connectivity index (χ0) is 11.1. The molecule has 88 valence electrons. The second kappa shape index (κ2) is 3.74. The summed E-state index contributed by atoms with van der Waals surface area (Å²) >= 11 is 0. The standard InChI is InChI=1S/C13H25NO/c1-12(2)9-6-10-13(3,4)14(12)15-11-7-5-8-11/h11H,5-10H2,1-4H3. The second-order valence-electron chi connectivity index (χ2n) is 6.43. The van der Waals surface area contributed by atoms with E-state index in [-0.39, 0.29) is 11.1 Å². The van der Waals surface area contributed by atoms with Crippen LogP contribution >= 0.6 is 0 Å². The van der Waals surface area contributed by atoms with Crippen LogP contribution in [-0.2, 0) is 4.84 Å². The van der Waals surface area contributed by atoms with Crippen LogP contribution in [0.4, 0.5) is 0 Å². The summed E-state index contributed by atoms with van der Waals surface area (Å²) in [6.45, 7) is 9.25. The Morgan fingerprint density at radius 3 is 1.87 bits per heavy atom. The first-order valence-corrected chi connectivity index (χ1v) is 6.39. The van der Waals surface area contributed by atoms with E-state index in [0.717, 1.165) is 0 Å². The molecule has 1 saturated carbocycles. The van der Waals surface area contributed by atoms with Gasteiger partial charge in [-0.3, -0.25) is 4.84 Å². The van der Waals surface area contributed by atoms with Gasteiger partial charge in [0.1, 0.15) is 0 Å². The number of hydrogen-bond acceptors (Lipinski definition) is 2. The lowest BCUT2D eigenvalue weighted by Crippen LogP contribution is -2.59. The van der Waals surface area contributed by atoms with Crippen molar-refractivity contribution in [1.29, 1.82) is 0 Å². The van der Waals surface area contributed by atoms with E-state index >= 15 is 0 Å². The van der Waals surface area contributed by atoms with Crippen LogP contribution in [0.15, 0.2) is 0 Å². The molecule has 2 fully saturated rings. The zero-order valence-electron chi connectivity index (χ0n) is 10.7. The van der Waals surface area contributed by atoms with Crippen LogP contribution < -0.4 is 0 Å². The quantitative estimate of drug-likeness (QED) is 0.693. The predicted molar refractivity (Wildman–Crippen MR) is 62.6 cm³/mol. The SMILES string of the molecule is CC1(C)CCCC(C)(C)N1OC1CCC1. The average Bonchev–Trinajstić information content (AvgIpc) is 1.97. The van der Waals surface area contributed by atoms with E-state index in [2.05, 4.69) is 32.8 Å². The maximum atomic E-state index is 6.19. The van der Waals surface area contributed by atoms with Crippen LogP contribution in [0.2, 0.25) is 0 Å². The first kappa shape index (κ1) is 11.4. The molecular formula is C13H25NO. The van der Waals surface area contributed by atoms with Crippen LogP contribution in [0.5, 0.6) is 0 Å². The minimum absolute atomic E-state index is 0.206. The molecule has 0 N–H and O–H groups in total. The highest BCUT2D eigenvalue weighted by Crippen LogP contribution is 2.40. The van der Waals surface area contributed by atoms with Crippen molar-refractivity contribution in [3.8, 4) is 0 Å². The van der Waals surface area contributed by atoms with Gasteiger partial charge in [0.05, 0.1) is 6.10 Å². The lowest BCUT2D eigenvalue weighted by Gasteiger charge is -2.53. The maximum Gasteiger partial charge on any atom is 0.0793 e. The molecule has 1 aliphatic heterocycles. The molecule has 0 atom stereocenters. The van der Waals surface area contributed by atoms with Gasteiger partial charge in [-0.2, -0.15) is 5.06 Å². The third-order valence-corrected chi connectivity index (χ3v) is 3.98. The number of nitrogens with zero attached hydrogens (tertiary/aromatic N) is 1. The van der Waals surface area contributed by atoms with E-state index in [1.165, 1.54) is 38.5 Å². The summed E-state index contributed by atoms with van der Waals surface area (Å²) in [4.78, 5) is 6.19. The number of rotatable bonds is 2. The minimum Gasteiger partial charge on any atom is -0.295 e. The van der Waals surface area contributed by atoms with Gasteiger partial charge in [-0.15, -0.1) is 0 Å². The van der Waals surface area contributed by atoms with Gasteiger partial charge in [0.15, 0.2) is 0 Å². The van der Waals surface area contributed by atoms with Gasteiger partial charge in [-0.05, 0) is 66.2 Å². The zero-order valence-corrected chi connectivity index (χ0v) is 10.7.